The lowest BCUT2D eigenvalue weighted by Crippen LogP contribution is -2.13. The van der Waals surface area contributed by atoms with Crippen LogP contribution < -0.4 is 16.0 Å². The molecule has 0 bridgehead atoms. The Bertz CT molecular complexity index is 695. The number of nitrogens with two attached hydrogens (primary N) is 1. The topological polar surface area (TPSA) is 84.2 Å². The van der Waals surface area contributed by atoms with Crippen molar-refractivity contribution in [2.45, 2.75) is 11.8 Å². The molecule has 2 aromatic carbocycles. The molecule has 0 spiro atoms. The molecule has 7 heteroatoms. The van der Waals surface area contributed by atoms with E-state index in [-0.39, 0.29) is 4.90 Å². The quantitative estimate of drug-likeness (QED) is 0.581. The van der Waals surface area contributed by atoms with Crippen LogP contribution >= 0.6 is 15.9 Å². The Hall–Kier alpha value is -1.57. The number of nitrogens with one attached hydrogen (secondary N) is 2. The SMILES string of the molecule is Cc1cc(Br)cc(NS(=O)(=O)c2ccc(NN)cc2)c1. The van der Waals surface area contributed by atoms with Gasteiger partial charge in [0.2, 0.25) is 0 Å². The molecule has 0 aliphatic rings. The van der Waals surface area contributed by atoms with Crippen molar-refractivity contribution in [1.29, 1.82) is 0 Å². The highest BCUT2D eigenvalue weighted by atomic mass is 79.9. The molecule has 0 saturated heterocycles. The molecule has 0 aliphatic heterocycles. The summed E-state index contributed by atoms with van der Waals surface area (Å²) in [7, 11) is -3.61. The van der Waals surface area contributed by atoms with Gasteiger partial charge in [0.15, 0.2) is 0 Å². The van der Waals surface area contributed by atoms with Gasteiger partial charge in [0.1, 0.15) is 0 Å². The molecule has 0 amide bonds. The largest absolute Gasteiger partial charge is 0.324 e. The smallest absolute Gasteiger partial charge is 0.261 e. The number of hydrogen-bond donors (Lipinski definition) is 3. The maximum atomic E-state index is 12.2. The highest BCUT2D eigenvalue weighted by molar-refractivity contribution is 9.10. The Morgan fingerprint density at radius 2 is 1.70 bits per heavy atom. The van der Waals surface area contributed by atoms with Crippen molar-refractivity contribution >= 4 is 37.3 Å². The van der Waals surface area contributed by atoms with E-state index < -0.39 is 10.0 Å². The minimum absolute atomic E-state index is 0.175. The molecule has 0 radical (unpaired) electrons. The molecule has 0 saturated carbocycles. The first kappa shape index (κ1) is 14.8. The Balaban J connectivity index is 2.30. The lowest BCUT2D eigenvalue weighted by Gasteiger charge is -2.10. The number of halogens is 1. The van der Waals surface area contributed by atoms with Gasteiger partial charge < -0.3 is 5.43 Å². The zero-order valence-electron chi connectivity index (χ0n) is 10.7. The molecule has 2 aromatic rings. The molecule has 0 fully saturated rings. The zero-order valence-corrected chi connectivity index (χ0v) is 13.1. The van der Waals surface area contributed by atoms with E-state index in [1.54, 1.807) is 24.3 Å². The van der Waals surface area contributed by atoms with Gasteiger partial charge in [-0.05, 0) is 55.0 Å². The van der Waals surface area contributed by atoms with Crippen molar-refractivity contribution in [3.05, 3.63) is 52.5 Å². The van der Waals surface area contributed by atoms with Crippen LogP contribution in [0, 0.1) is 6.92 Å². The van der Waals surface area contributed by atoms with Crippen molar-refractivity contribution in [1.82, 2.24) is 0 Å². The second kappa shape index (κ2) is 5.82. The van der Waals surface area contributed by atoms with Crippen molar-refractivity contribution < 1.29 is 8.42 Å². The molecule has 5 nitrogen and oxygen atoms in total. The minimum atomic E-state index is -3.61. The van der Waals surface area contributed by atoms with Crippen LogP contribution in [-0.2, 0) is 10.0 Å². The van der Waals surface area contributed by atoms with Gasteiger partial charge >= 0.3 is 0 Å². The number of rotatable bonds is 4. The summed E-state index contributed by atoms with van der Waals surface area (Å²) in [5.74, 6) is 5.25. The second-order valence-corrected chi connectivity index (χ2v) is 6.89. The van der Waals surface area contributed by atoms with Gasteiger partial charge in [-0.2, -0.15) is 0 Å². The van der Waals surface area contributed by atoms with Crippen molar-refractivity contribution in [3.63, 3.8) is 0 Å². The van der Waals surface area contributed by atoms with Gasteiger partial charge in [0.25, 0.3) is 10.0 Å². The van der Waals surface area contributed by atoms with Gasteiger partial charge in [-0.1, -0.05) is 15.9 Å². The maximum absolute atomic E-state index is 12.2. The molecule has 0 unspecified atom stereocenters. The summed E-state index contributed by atoms with van der Waals surface area (Å²) < 4.78 is 27.9. The number of hydrogen-bond acceptors (Lipinski definition) is 4. The number of benzene rings is 2. The normalized spacial score (nSPS) is 11.2. The van der Waals surface area contributed by atoms with E-state index in [0.29, 0.717) is 11.4 Å². The first-order valence-corrected chi connectivity index (χ1v) is 8.05. The van der Waals surface area contributed by atoms with E-state index in [1.165, 1.54) is 12.1 Å². The third-order valence-corrected chi connectivity index (χ3v) is 4.48. The lowest BCUT2D eigenvalue weighted by molar-refractivity contribution is 0.601. The molecule has 2 rings (SSSR count). The van der Waals surface area contributed by atoms with Gasteiger partial charge in [-0.25, -0.2) is 8.42 Å². The number of aryl methyl sites for hydroxylation is 1. The van der Waals surface area contributed by atoms with Crippen molar-refractivity contribution in [2.75, 3.05) is 10.1 Å². The van der Waals surface area contributed by atoms with Gasteiger partial charge in [0.05, 0.1) is 10.6 Å². The van der Waals surface area contributed by atoms with Crippen LogP contribution in [0.1, 0.15) is 5.56 Å². The highest BCUT2D eigenvalue weighted by Gasteiger charge is 2.14. The zero-order chi connectivity index (χ0) is 14.8. The Kier molecular flexibility index (Phi) is 4.32. The minimum Gasteiger partial charge on any atom is -0.324 e. The van der Waals surface area contributed by atoms with Gasteiger partial charge in [-0.3, -0.25) is 10.6 Å². The van der Waals surface area contributed by atoms with Gasteiger partial charge in [-0.15, -0.1) is 0 Å². The third-order valence-electron chi connectivity index (χ3n) is 2.63. The predicted octanol–water partition coefficient (Wildman–Crippen LogP) is 2.84. The van der Waals surface area contributed by atoms with E-state index >= 15 is 0 Å². The van der Waals surface area contributed by atoms with Crippen LogP contribution in [0.3, 0.4) is 0 Å². The summed E-state index contributed by atoms with van der Waals surface area (Å²) in [5, 5.41) is 0. The molecule has 106 valence electrons. The van der Waals surface area contributed by atoms with Crippen molar-refractivity contribution in [3.8, 4) is 0 Å². The lowest BCUT2D eigenvalue weighted by atomic mass is 10.2. The van der Waals surface area contributed by atoms with E-state index in [4.69, 9.17) is 5.84 Å². The second-order valence-electron chi connectivity index (χ2n) is 4.29. The van der Waals surface area contributed by atoms with E-state index in [9.17, 15) is 8.42 Å². The average Bonchev–Trinajstić information content (AvgIpc) is 2.37. The number of sulfonamides is 1. The number of hydrazine groups is 1. The van der Waals surface area contributed by atoms with Crippen LogP contribution in [0.2, 0.25) is 0 Å². The molecule has 4 N–H and O–H groups in total. The van der Waals surface area contributed by atoms with Crippen LogP contribution in [0.4, 0.5) is 11.4 Å². The van der Waals surface area contributed by atoms with E-state index in [2.05, 4.69) is 26.1 Å². The Labute approximate surface area is 126 Å². The molecular formula is C13H14BrN3O2S. The fraction of sp³-hybridized carbons (Fsp3) is 0.0769. The molecule has 0 aromatic heterocycles. The van der Waals surface area contributed by atoms with Crippen LogP contribution in [0.25, 0.3) is 0 Å². The first-order valence-electron chi connectivity index (χ1n) is 5.77. The van der Waals surface area contributed by atoms with Crippen molar-refractivity contribution in [2.24, 2.45) is 5.84 Å². The number of nitrogen functional groups attached to an aromatic ring is 1. The summed E-state index contributed by atoms with van der Waals surface area (Å²) >= 11 is 3.34. The third kappa shape index (κ3) is 3.50. The predicted molar refractivity (Wildman–Crippen MR) is 83.9 cm³/mol. The summed E-state index contributed by atoms with van der Waals surface area (Å²) in [5.41, 5.74) is 4.56. The van der Waals surface area contributed by atoms with Crippen LogP contribution in [0.15, 0.2) is 51.8 Å². The molecular weight excluding hydrogens is 342 g/mol. The van der Waals surface area contributed by atoms with E-state index in [0.717, 1.165) is 10.0 Å². The fourth-order valence-electron chi connectivity index (χ4n) is 1.74. The monoisotopic (exact) mass is 355 g/mol. The van der Waals surface area contributed by atoms with Gasteiger partial charge in [0, 0.05) is 10.2 Å². The average molecular weight is 356 g/mol. The Morgan fingerprint density at radius 3 is 2.25 bits per heavy atom. The summed E-state index contributed by atoms with van der Waals surface area (Å²) in [6.07, 6.45) is 0. The standard InChI is InChI=1S/C13H14BrN3O2S/c1-9-6-10(14)8-12(7-9)17-20(18,19)13-4-2-11(16-15)3-5-13/h2-8,16-17H,15H2,1H3. The van der Waals surface area contributed by atoms with Crippen LogP contribution in [-0.4, -0.2) is 8.42 Å². The van der Waals surface area contributed by atoms with E-state index in [1.807, 2.05) is 13.0 Å². The number of anilines is 2. The molecule has 20 heavy (non-hydrogen) atoms. The summed E-state index contributed by atoms with van der Waals surface area (Å²) in [4.78, 5) is 0.175. The molecule has 0 heterocycles. The maximum Gasteiger partial charge on any atom is 0.261 e. The summed E-state index contributed by atoms with van der Waals surface area (Å²) in [6.45, 7) is 1.89. The fourth-order valence-corrected chi connectivity index (χ4v) is 3.39. The summed E-state index contributed by atoms with van der Waals surface area (Å²) in [6, 6.07) is 11.5. The molecule has 0 aliphatic carbocycles. The highest BCUT2D eigenvalue weighted by Crippen LogP contribution is 2.22. The van der Waals surface area contributed by atoms with Crippen LogP contribution in [0.5, 0.6) is 0 Å². The first-order chi connectivity index (χ1) is 9.40. The molecule has 0 atom stereocenters. The Morgan fingerprint density at radius 1 is 1.05 bits per heavy atom.